The zero-order valence-electron chi connectivity index (χ0n) is 15.2. The molecular weight excluding hydrogens is 423 g/mol. The van der Waals surface area contributed by atoms with Gasteiger partial charge in [0.2, 0.25) is 10.0 Å². The lowest BCUT2D eigenvalue weighted by Crippen LogP contribution is -2.50. The van der Waals surface area contributed by atoms with Crippen molar-refractivity contribution in [3.63, 3.8) is 0 Å². The summed E-state index contributed by atoms with van der Waals surface area (Å²) in [6, 6.07) is 12.4. The van der Waals surface area contributed by atoms with E-state index in [9.17, 15) is 18.0 Å². The Balaban J connectivity index is 2.42. The van der Waals surface area contributed by atoms with Gasteiger partial charge in [-0.2, -0.15) is 4.72 Å². The lowest BCUT2D eigenvalue weighted by molar-refractivity contribution is -0.122. The van der Waals surface area contributed by atoms with Crippen LogP contribution in [0.5, 0.6) is 0 Å². The second-order valence-corrected chi connectivity index (χ2v) is 9.03. The standard InChI is InChI=1S/C19H20Cl2N2O4S/c1-12-8-10-15(11-9-12)28(26,27)23-16(13(2)24)17(22-19(25)18(20)21)14-6-4-3-5-7-14/h3-11,16-18,23H,1-2H3,(H,22,25)/t16-,17-/m1/s1. The third-order valence-corrected chi connectivity index (χ3v) is 5.89. The molecule has 0 radical (unpaired) electrons. The van der Waals surface area contributed by atoms with Crippen LogP contribution in [0.3, 0.4) is 0 Å². The Kier molecular flexibility index (Phi) is 7.60. The van der Waals surface area contributed by atoms with Crippen molar-refractivity contribution in [2.24, 2.45) is 0 Å². The first-order valence-corrected chi connectivity index (χ1v) is 10.7. The molecule has 150 valence electrons. The molecule has 0 aromatic heterocycles. The number of amides is 1. The number of benzene rings is 2. The number of carbonyl (C=O) groups is 2. The highest BCUT2D eigenvalue weighted by atomic mass is 35.5. The number of halogens is 2. The minimum atomic E-state index is -4.02. The van der Waals surface area contributed by atoms with Gasteiger partial charge in [-0.3, -0.25) is 9.59 Å². The van der Waals surface area contributed by atoms with Gasteiger partial charge in [0.15, 0.2) is 4.84 Å². The van der Waals surface area contributed by atoms with Gasteiger partial charge in [0, 0.05) is 0 Å². The third-order valence-electron chi connectivity index (χ3n) is 4.04. The zero-order chi connectivity index (χ0) is 20.9. The van der Waals surface area contributed by atoms with E-state index in [0.29, 0.717) is 5.56 Å². The average molecular weight is 443 g/mol. The summed E-state index contributed by atoms with van der Waals surface area (Å²) >= 11 is 11.2. The van der Waals surface area contributed by atoms with Gasteiger partial charge in [0.1, 0.15) is 11.8 Å². The highest BCUT2D eigenvalue weighted by Gasteiger charge is 2.33. The van der Waals surface area contributed by atoms with Crippen LogP contribution in [0, 0.1) is 6.92 Å². The fraction of sp³-hybridized carbons (Fsp3) is 0.263. The second kappa shape index (κ2) is 9.52. The molecule has 0 bridgehead atoms. The van der Waals surface area contributed by atoms with E-state index in [1.165, 1.54) is 19.1 Å². The molecule has 0 aliphatic heterocycles. The van der Waals surface area contributed by atoms with E-state index < -0.39 is 38.6 Å². The average Bonchev–Trinajstić information content (AvgIpc) is 2.65. The quantitative estimate of drug-likeness (QED) is 0.614. The molecule has 0 saturated heterocycles. The minimum absolute atomic E-state index is 0.00931. The maximum Gasteiger partial charge on any atom is 0.253 e. The van der Waals surface area contributed by atoms with Crippen molar-refractivity contribution in [2.75, 3.05) is 0 Å². The summed E-state index contributed by atoms with van der Waals surface area (Å²) in [6.45, 7) is 3.07. The summed E-state index contributed by atoms with van der Waals surface area (Å²) < 4.78 is 28.0. The maximum atomic E-state index is 12.8. The van der Waals surface area contributed by atoms with Crippen molar-refractivity contribution >= 4 is 44.9 Å². The fourth-order valence-electron chi connectivity index (χ4n) is 2.57. The van der Waals surface area contributed by atoms with Crippen LogP contribution < -0.4 is 10.0 Å². The molecule has 28 heavy (non-hydrogen) atoms. The van der Waals surface area contributed by atoms with Gasteiger partial charge in [-0.05, 0) is 31.5 Å². The highest BCUT2D eigenvalue weighted by Crippen LogP contribution is 2.21. The van der Waals surface area contributed by atoms with Crippen LogP contribution in [-0.2, 0) is 19.6 Å². The van der Waals surface area contributed by atoms with Gasteiger partial charge in [-0.1, -0.05) is 71.2 Å². The van der Waals surface area contributed by atoms with E-state index in [2.05, 4.69) is 10.0 Å². The predicted molar refractivity (Wildman–Crippen MR) is 109 cm³/mol. The number of alkyl halides is 2. The molecule has 2 atom stereocenters. The molecular formula is C19H20Cl2N2O4S. The molecule has 2 rings (SSSR count). The van der Waals surface area contributed by atoms with Crippen molar-refractivity contribution < 1.29 is 18.0 Å². The monoisotopic (exact) mass is 442 g/mol. The molecule has 6 nitrogen and oxygen atoms in total. The van der Waals surface area contributed by atoms with E-state index in [-0.39, 0.29) is 4.90 Å². The first-order chi connectivity index (χ1) is 13.1. The summed E-state index contributed by atoms with van der Waals surface area (Å²) in [5.74, 6) is -1.22. The summed E-state index contributed by atoms with van der Waals surface area (Å²) in [5, 5.41) is 2.55. The number of ketones is 1. The molecule has 0 aliphatic carbocycles. The highest BCUT2D eigenvalue weighted by molar-refractivity contribution is 7.89. The van der Waals surface area contributed by atoms with Crippen LogP contribution >= 0.6 is 23.2 Å². The molecule has 0 unspecified atom stereocenters. The second-order valence-electron chi connectivity index (χ2n) is 6.22. The van der Waals surface area contributed by atoms with E-state index in [4.69, 9.17) is 23.2 Å². The van der Waals surface area contributed by atoms with Gasteiger partial charge in [0.25, 0.3) is 5.91 Å². The third kappa shape index (κ3) is 5.78. The van der Waals surface area contributed by atoms with Crippen LogP contribution in [0.2, 0.25) is 0 Å². The molecule has 9 heteroatoms. The van der Waals surface area contributed by atoms with Crippen molar-refractivity contribution in [2.45, 2.75) is 35.7 Å². The Morgan fingerprint density at radius 3 is 2.04 bits per heavy atom. The molecule has 0 spiro atoms. The number of hydrogen-bond acceptors (Lipinski definition) is 4. The van der Waals surface area contributed by atoms with E-state index in [0.717, 1.165) is 5.56 Å². The Bertz CT molecular complexity index is 932. The largest absolute Gasteiger partial charge is 0.345 e. The molecule has 2 aromatic carbocycles. The van der Waals surface area contributed by atoms with E-state index in [1.54, 1.807) is 42.5 Å². The molecule has 2 N–H and O–H groups in total. The first kappa shape index (κ1) is 22.4. The molecule has 0 aliphatic rings. The number of aryl methyl sites for hydroxylation is 1. The molecule has 0 saturated carbocycles. The normalized spacial score (nSPS) is 13.8. The SMILES string of the molecule is CC(=O)[C@@H](NS(=O)(=O)c1ccc(C)cc1)[C@H](NC(=O)C(Cl)Cl)c1ccccc1. The molecule has 0 fully saturated rings. The summed E-state index contributed by atoms with van der Waals surface area (Å²) in [7, 11) is -4.02. The van der Waals surface area contributed by atoms with Crippen LogP contribution in [0.15, 0.2) is 59.5 Å². The van der Waals surface area contributed by atoms with Crippen LogP contribution in [0.25, 0.3) is 0 Å². The molecule has 2 aromatic rings. The maximum absolute atomic E-state index is 12.8. The van der Waals surface area contributed by atoms with Crippen molar-refractivity contribution in [1.29, 1.82) is 0 Å². The number of carbonyl (C=O) groups excluding carboxylic acids is 2. The Hall–Kier alpha value is -1.93. The van der Waals surface area contributed by atoms with Crippen molar-refractivity contribution in [3.05, 3.63) is 65.7 Å². The minimum Gasteiger partial charge on any atom is -0.345 e. The molecule has 0 heterocycles. The summed E-state index contributed by atoms with van der Waals surface area (Å²) in [6.07, 6.45) is 0. The number of Topliss-reactive ketones (excluding diaryl/α,β-unsaturated/α-hetero) is 1. The number of rotatable bonds is 8. The van der Waals surface area contributed by atoms with Crippen LogP contribution in [0.1, 0.15) is 24.1 Å². The molecule has 1 amide bonds. The van der Waals surface area contributed by atoms with Crippen LogP contribution in [0.4, 0.5) is 0 Å². The summed E-state index contributed by atoms with van der Waals surface area (Å²) in [5.41, 5.74) is 1.42. The van der Waals surface area contributed by atoms with E-state index >= 15 is 0 Å². The van der Waals surface area contributed by atoms with Gasteiger partial charge < -0.3 is 5.32 Å². The number of nitrogens with one attached hydrogen (secondary N) is 2. The first-order valence-electron chi connectivity index (χ1n) is 8.35. The summed E-state index contributed by atoms with van der Waals surface area (Å²) in [4.78, 5) is 23.0. The van der Waals surface area contributed by atoms with Gasteiger partial charge in [0.05, 0.1) is 10.9 Å². The fourth-order valence-corrected chi connectivity index (χ4v) is 3.97. The van der Waals surface area contributed by atoms with Crippen molar-refractivity contribution in [3.8, 4) is 0 Å². The van der Waals surface area contributed by atoms with Gasteiger partial charge in [-0.25, -0.2) is 8.42 Å². The van der Waals surface area contributed by atoms with Crippen molar-refractivity contribution in [1.82, 2.24) is 10.0 Å². The van der Waals surface area contributed by atoms with Crippen LogP contribution in [-0.4, -0.2) is 31.0 Å². The Morgan fingerprint density at radius 1 is 0.964 bits per heavy atom. The topological polar surface area (TPSA) is 92.3 Å². The lowest BCUT2D eigenvalue weighted by Gasteiger charge is -2.27. The Morgan fingerprint density at radius 2 is 1.54 bits per heavy atom. The smallest absolute Gasteiger partial charge is 0.253 e. The number of hydrogen-bond donors (Lipinski definition) is 2. The zero-order valence-corrected chi connectivity index (χ0v) is 17.6. The van der Waals surface area contributed by atoms with Gasteiger partial charge >= 0.3 is 0 Å². The lowest BCUT2D eigenvalue weighted by atomic mass is 9.97. The van der Waals surface area contributed by atoms with Gasteiger partial charge in [-0.15, -0.1) is 0 Å². The van der Waals surface area contributed by atoms with E-state index in [1.807, 2.05) is 6.92 Å². The number of sulfonamides is 1. The predicted octanol–water partition coefficient (Wildman–Crippen LogP) is 2.89. The Labute approximate surface area is 174 Å².